The van der Waals surface area contributed by atoms with E-state index in [1.807, 2.05) is 18.5 Å². The number of benzene rings is 1. The first kappa shape index (κ1) is 11.4. The molecular weight excluding hydrogens is 264 g/mol. The minimum atomic E-state index is 0.925. The average Bonchev–Trinajstić information content (AvgIpc) is 2.79. The first-order valence-electron chi connectivity index (χ1n) is 5.42. The van der Waals surface area contributed by atoms with Crippen LogP contribution in [0.15, 0.2) is 47.2 Å². The van der Waals surface area contributed by atoms with Gasteiger partial charge in [0.15, 0.2) is 0 Å². The van der Waals surface area contributed by atoms with Crippen molar-refractivity contribution in [3.63, 3.8) is 0 Å². The van der Waals surface area contributed by atoms with Crippen LogP contribution in [0.2, 0.25) is 0 Å². The van der Waals surface area contributed by atoms with Gasteiger partial charge in [0.1, 0.15) is 0 Å². The molecule has 0 spiro atoms. The molecule has 0 aliphatic heterocycles. The number of H-pyrrole nitrogens is 1. The van der Waals surface area contributed by atoms with Crippen LogP contribution in [-0.2, 0) is 13.0 Å². The maximum Gasteiger partial charge on any atom is 0.0220 e. The van der Waals surface area contributed by atoms with Gasteiger partial charge in [-0.2, -0.15) is 0 Å². The second-order valence-electron chi connectivity index (χ2n) is 3.74. The summed E-state index contributed by atoms with van der Waals surface area (Å²) in [6.45, 7) is 1.92. The summed E-state index contributed by atoms with van der Waals surface area (Å²) in [5.41, 5.74) is 2.65. The molecule has 16 heavy (non-hydrogen) atoms. The Morgan fingerprint density at radius 2 is 2.06 bits per heavy atom. The topological polar surface area (TPSA) is 27.8 Å². The Morgan fingerprint density at radius 3 is 2.81 bits per heavy atom. The van der Waals surface area contributed by atoms with Crippen molar-refractivity contribution < 1.29 is 0 Å². The number of aromatic amines is 1. The van der Waals surface area contributed by atoms with E-state index in [2.05, 4.69) is 50.5 Å². The maximum atomic E-state index is 3.55. The average molecular weight is 279 g/mol. The van der Waals surface area contributed by atoms with Gasteiger partial charge in [0.2, 0.25) is 0 Å². The van der Waals surface area contributed by atoms with Gasteiger partial charge in [-0.3, -0.25) is 0 Å². The van der Waals surface area contributed by atoms with Crippen LogP contribution in [0.1, 0.15) is 11.1 Å². The van der Waals surface area contributed by atoms with E-state index in [4.69, 9.17) is 0 Å². The summed E-state index contributed by atoms with van der Waals surface area (Å²) < 4.78 is 1.19. The second kappa shape index (κ2) is 5.87. The van der Waals surface area contributed by atoms with Gasteiger partial charge in [0, 0.05) is 23.4 Å². The standard InChI is InChI=1S/C13H15BrN2/c14-13-4-2-1-3-12(13)6-8-16-10-11-5-7-15-9-11/h1-5,7,9,15-16H,6,8,10H2. The van der Waals surface area contributed by atoms with Crippen LogP contribution in [0.3, 0.4) is 0 Å². The SMILES string of the molecule is Brc1ccccc1CCNCc1cc[nH]c1. The molecule has 1 aromatic heterocycles. The maximum absolute atomic E-state index is 3.55. The molecule has 2 aromatic rings. The highest BCUT2D eigenvalue weighted by Crippen LogP contribution is 2.15. The molecule has 0 radical (unpaired) electrons. The van der Waals surface area contributed by atoms with E-state index in [1.165, 1.54) is 15.6 Å². The molecule has 0 amide bonds. The lowest BCUT2D eigenvalue weighted by molar-refractivity contribution is 0.686. The van der Waals surface area contributed by atoms with Gasteiger partial charge in [0.25, 0.3) is 0 Å². The zero-order valence-electron chi connectivity index (χ0n) is 9.04. The highest BCUT2D eigenvalue weighted by molar-refractivity contribution is 9.10. The normalized spacial score (nSPS) is 10.6. The summed E-state index contributed by atoms with van der Waals surface area (Å²) in [5, 5.41) is 3.42. The first-order valence-corrected chi connectivity index (χ1v) is 6.21. The van der Waals surface area contributed by atoms with Crippen LogP contribution in [0.25, 0.3) is 0 Å². The van der Waals surface area contributed by atoms with Gasteiger partial charge in [-0.1, -0.05) is 34.1 Å². The summed E-state index contributed by atoms with van der Waals surface area (Å²) in [6.07, 6.45) is 5.02. The van der Waals surface area contributed by atoms with E-state index in [-0.39, 0.29) is 0 Å². The van der Waals surface area contributed by atoms with Crippen molar-refractivity contribution in [1.82, 2.24) is 10.3 Å². The number of aromatic nitrogens is 1. The van der Waals surface area contributed by atoms with Crippen molar-refractivity contribution in [1.29, 1.82) is 0 Å². The third kappa shape index (κ3) is 3.22. The molecule has 0 saturated heterocycles. The van der Waals surface area contributed by atoms with E-state index < -0.39 is 0 Å². The minimum absolute atomic E-state index is 0.925. The first-order chi connectivity index (χ1) is 7.86. The quantitative estimate of drug-likeness (QED) is 0.809. The van der Waals surface area contributed by atoms with Crippen molar-refractivity contribution in [3.05, 3.63) is 58.3 Å². The molecule has 2 rings (SSSR count). The van der Waals surface area contributed by atoms with Gasteiger partial charge in [-0.05, 0) is 36.2 Å². The summed E-state index contributed by atoms with van der Waals surface area (Å²) in [7, 11) is 0. The Hall–Kier alpha value is -1.06. The zero-order valence-corrected chi connectivity index (χ0v) is 10.6. The highest BCUT2D eigenvalue weighted by Gasteiger charge is 1.98. The highest BCUT2D eigenvalue weighted by atomic mass is 79.9. The molecule has 0 atom stereocenters. The molecule has 0 saturated carbocycles. The lowest BCUT2D eigenvalue weighted by atomic mass is 10.1. The van der Waals surface area contributed by atoms with Crippen LogP contribution in [0.4, 0.5) is 0 Å². The molecule has 0 aliphatic carbocycles. The fourth-order valence-electron chi connectivity index (χ4n) is 1.63. The largest absolute Gasteiger partial charge is 0.367 e. The Bertz CT molecular complexity index is 423. The smallest absolute Gasteiger partial charge is 0.0220 e. The number of hydrogen-bond acceptors (Lipinski definition) is 1. The molecule has 84 valence electrons. The molecule has 0 unspecified atom stereocenters. The summed E-state index contributed by atoms with van der Waals surface area (Å²) in [6, 6.07) is 10.4. The molecule has 1 aromatic carbocycles. The molecule has 1 heterocycles. The molecule has 3 heteroatoms. The molecule has 2 nitrogen and oxygen atoms in total. The van der Waals surface area contributed by atoms with Crippen LogP contribution in [0.5, 0.6) is 0 Å². The van der Waals surface area contributed by atoms with E-state index in [0.29, 0.717) is 0 Å². The molecular formula is C13H15BrN2. The lowest BCUT2D eigenvalue weighted by Crippen LogP contribution is -2.16. The minimum Gasteiger partial charge on any atom is -0.367 e. The van der Waals surface area contributed by atoms with Gasteiger partial charge in [0.05, 0.1) is 0 Å². The third-order valence-corrected chi connectivity index (χ3v) is 3.29. The predicted molar refractivity (Wildman–Crippen MR) is 70.3 cm³/mol. The van der Waals surface area contributed by atoms with Gasteiger partial charge < -0.3 is 10.3 Å². The fraction of sp³-hybridized carbons (Fsp3) is 0.231. The number of halogens is 1. The van der Waals surface area contributed by atoms with Crippen LogP contribution >= 0.6 is 15.9 Å². The van der Waals surface area contributed by atoms with Crippen molar-refractivity contribution in [3.8, 4) is 0 Å². The van der Waals surface area contributed by atoms with E-state index in [0.717, 1.165) is 19.5 Å². The van der Waals surface area contributed by atoms with E-state index >= 15 is 0 Å². The summed E-state index contributed by atoms with van der Waals surface area (Å²) in [5.74, 6) is 0. The van der Waals surface area contributed by atoms with Crippen LogP contribution in [0, 0.1) is 0 Å². The van der Waals surface area contributed by atoms with Crippen molar-refractivity contribution in [2.24, 2.45) is 0 Å². The van der Waals surface area contributed by atoms with Gasteiger partial charge in [-0.15, -0.1) is 0 Å². The number of hydrogen-bond donors (Lipinski definition) is 2. The van der Waals surface area contributed by atoms with Crippen LogP contribution in [-0.4, -0.2) is 11.5 Å². The molecule has 0 bridgehead atoms. The molecule has 0 aliphatic rings. The molecule has 0 fully saturated rings. The van der Waals surface area contributed by atoms with Gasteiger partial charge >= 0.3 is 0 Å². The summed E-state index contributed by atoms with van der Waals surface area (Å²) in [4.78, 5) is 3.05. The Labute approximate surface area is 104 Å². The molecule has 2 N–H and O–H groups in total. The van der Waals surface area contributed by atoms with E-state index in [9.17, 15) is 0 Å². The Kier molecular flexibility index (Phi) is 4.19. The Morgan fingerprint density at radius 1 is 1.19 bits per heavy atom. The van der Waals surface area contributed by atoms with Crippen molar-refractivity contribution in [2.75, 3.05) is 6.54 Å². The van der Waals surface area contributed by atoms with Crippen LogP contribution < -0.4 is 5.32 Å². The second-order valence-corrected chi connectivity index (χ2v) is 4.59. The lowest BCUT2D eigenvalue weighted by Gasteiger charge is -2.05. The monoisotopic (exact) mass is 278 g/mol. The number of rotatable bonds is 5. The third-order valence-electron chi connectivity index (χ3n) is 2.52. The summed E-state index contributed by atoms with van der Waals surface area (Å²) >= 11 is 3.55. The zero-order chi connectivity index (χ0) is 11.2. The fourth-order valence-corrected chi connectivity index (χ4v) is 2.11. The predicted octanol–water partition coefficient (Wildman–Crippen LogP) is 3.11. The Balaban J connectivity index is 1.74. The van der Waals surface area contributed by atoms with E-state index in [1.54, 1.807) is 0 Å². The van der Waals surface area contributed by atoms with Crippen molar-refractivity contribution >= 4 is 15.9 Å². The van der Waals surface area contributed by atoms with Crippen molar-refractivity contribution in [2.45, 2.75) is 13.0 Å². The number of nitrogens with one attached hydrogen (secondary N) is 2. The van der Waals surface area contributed by atoms with Gasteiger partial charge in [-0.25, -0.2) is 0 Å².